The molecule has 22 heavy (non-hydrogen) atoms. The van der Waals surface area contributed by atoms with Crippen molar-refractivity contribution in [2.24, 2.45) is 0 Å². The number of aromatic nitrogens is 2. The zero-order valence-corrected chi connectivity index (χ0v) is 12.3. The molecule has 0 fully saturated rings. The molecule has 0 bridgehead atoms. The summed E-state index contributed by atoms with van der Waals surface area (Å²) < 4.78 is 13.0. The Kier molecular flexibility index (Phi) is 2.30. The Morgan fingerprint density at radius 2 is 1.77 bits per heavy atom. The number of pyridine rings is 2. The van der Waals surface area contributed by atoms with E-state index in [1.807, 2.05) is 42.6 Å². The second-order valence-electron chi connectivity index (χ2n) is 5.30. The molecule has 3 heterocycles. The minimum Gasteiger partial charge on any atom is -0.255 e. The summed E-state index contributed by atoms with van der Waals surface area (Å²) in [4.78, 5) is 9.68. The SMILES string of the molecule is O=S1c2ncccc2-c2nccc3c2c1cc1ccccc13. The maximum Gasteiger partial charge on any atom is 0.141 e. The lowest BCUT2D eigenvalue weighted by Gasteiger charge is -2.19. The summed E-state index contributed by atoms with van der Waals surface area (Å²) in [7, 11) is -1.27. The maximum atomic E-state index is 13.0. The van der Waals surface area contributed by atoms with E-state index in [1.165, 1.54) is 0 Å². The predicted molar refractivity (Wildman–Crippen MR) is 87.2 cm³/mol. The van der Waals surface area contributed by atoms with Crippen LogP contribution in [0.15, 0.2) is 70.8 Å². The van der Waals surface area contributed by atoms with Gasteiger partial charge in [0.05, 0.1) is 10.6 Å². The Bertz CT molecular complexity index is 1100. The molecule has 4 heteroatoms. The zero-order chi connectivity index (χ0) is 14.7. The van der Waals surface area contributed by atoms with Gasteiger partial charge in [0.2, 0.25) is 0 Å². The second-order valence-corrected chi connectivity index (χ2v) is 6.67. The molecule has 104 valence electrons. The number of fused-ring (bicyclic) bond motifs is 4. The van der Waals surface area contributed by atoms with Crippen LogP contribution in [0.2, 0.25) is 0 Å². The molecule has 0 spiro atoms. The Labute approximate surface area is 129 Å². The van der Waals surface area contributed by atoms with E-state index in [4.69, 9.17) is 0 Å². The van der Waals surface area contributed by atoms with E-state index >= 15 is 0 Å². The molecule has 0 aliphatic carbocycles. The van der Waals surface area contributed by atoms with Crippen molar-refractivity contribution in [3.05, 3.63) is 60.9 Å². The molecule has 1 aliphatic heterocycles. The molecule has 0 radical (unpaired) electrons. The smallest absolute Gasteiger partial charge is 0.141 e. The highest BCUT2D eigenvalue weighted by molar-refractivity contribution is 7.85. The van der Waals surface area contributed by atoms with E-state index in [0.717, 1.165) is 37.7 Å². The average molecular weight is 302 g/mol. The van der Waals surface area contributed by atoms with Gasteiger partial charge >= 0.3 is 0 Å². The van der Waals surface area contributed by atoms with Gasteiger partial charge in [0.15, 0.2) is 0 Å². The molecule has 1 atom stereocenters. The quantitative estimate of drug-likeness (QED) is 0.407. The van der Waals surface area contributed by atoms with Crippen molar-refractivity contribution in [3.8, 4) is 11.3 Å². The molecule has 3 nitrogen and oxygen atoms in total. The summed E-state index contributed by atoms with van der Waals surface area (Å²) in [5, 5.41) is 4.94. The number of rotatable bonds is 0. The van der Waals surface area contributed by atoms with Crippen LogP contribution in [-0.2, 0) is 10.8 Å². The molecule has 2 aromatic carbocycles. The average Bonchev–Trinajstić information content (AvgIpc) is 2.59. The first-order valence-electron chi connectivity index (χ1n) is 7.02. The van der Waals surface area contributed by atoms with Gasteiger partial charge in [-0.15, -0.1) is 0 Å². The van der Waals surface area contributed by atoms with Crippen molar-refractivity contribution < 1.29 is 4.21 Å². The van der Waals surface area contributed by atoms with Crippen molar-refractivity contribution in [3.63, 3.8) is 0 Å². The number of benzene rings is 2. The number of hydrogen-bond donors (Lipinski definition) is 0. The second kappa shape index (κ2) is 4.21. The van der Waals surface area contributed by atoms with Gasteiger partial charge in [-0.05, 0) is 40.4 Å². The van der Waals surface area contributed by atoms with Crippen LogP contribution in [0.3, 0.4) is 0 Å². The lowest BCUT2D eigenvalue weighted by atomic mass is 9.99. The number of hydrogen-bond acceptors (Lipinski definition) is 3. The van der Waals surface area contributed by atoms with Crippen LogP contribution in [0.5, 0.6) is 0 Å². The van der Waals surface area contributed by atoms with Crippen LogP contribution < -0.4 is 0 Å². The van der Waals surface area contributed by atoms with Crippen LogP contribution in [0.4, 0.5) is 0 Å². The van der Waals surface area contributed by atoms with Crippen LogP contribution in [-0.4, -0.2) is 14.2 Å². The third-order valence-electron chi connectivity index (χ3n) is 4.14. The minimum absolute atomic E-state index is 0.602. The fraction of sp³-hybridized carbons (Fsp3) is 0. The highest BCUT2D eigenvalue weighted by Crippen LogP contribution is 2.42. The monoisotopic (exact) mass is 302 g/mol. The fourth-order valence-electron chi connectivity index (χ4n) is 3.19. The van der Waals surface area contributed by atoms with Gasteiger partial charge in [-0.25, -0.2) is 9.19 Å². The van der Waals surface area contributed by atoms with Gasteiger partial charge in [0.1, 0.15) is 15.8 Å². The van der Waals surface area contributed by atoms with Crippen LogP contribution >= 0.6 is 0 Å². The molecule has 2 aromatic heterocycles. The van der Waals surface area contributed by atoms with Crippen molar-refractivity contribution in [2.45, 2.75) is 9.92 Å². The molecular weight excluding hydrogens is 292 g/mol. The molecule has 0 saturated carbocycles. The largest absolute Gasteiger partial charge is 0.255 e. The van der Waals surface area contributed by atoms with Crippen molar-refractivity contribution in [2.75, 3.05) is 0 Å². The topological polar surface area (TPSA) is 42.9 Å². The lowest BCUT2D eigenvalue weighted by Crippen LogP contribution is -2.07. The van der Waals surface area contributed by atoms with E-state index in [2.05, 4.69) is 22.1 Å². The van der Waals surface area contributed by atoms with Crippen LogP contribution in [0.25, 0.3) is 32.8 Å². The van der Waals surface area contributed by atoms with Crippen molar-refractivity contribution in [1.29, 1.82) is 0 Å². The maximum absolute atomic E-state index is 13.0. The van der Waals surface area contributed by atoms with Crippen molar-refractivity contribution in [1.82, 2.24) is 9.97 Å². The molecule has 1 aliphatic rings. The molecule has 5 rings (SSSR count). The van der Waals surface area contributed by atoms with Gasteiger partial charge in [-0.1, -0.05) is 24.3 Å². The van der Waals surface area contributed by atoms with Gasteiger partial charge in [-0.3, -0.25) is 4.98 Å². The summed E-state index contributed by atoms with van der Waals surface area (Å²) in [6.07, 6.45) is 3.50. The van der Waals surface area contributed by atoms with Crippen molar-refractivity contribution >= 4 is 32.3 Å². The summed E-state index contributed by atoms with van der Waals surface area (Å²) in [6, 6.07) is 16.0. The van der Waals surface area contributed by atoms with E-state index in [9.17, 15) is 4.21 Å². The van der Waals surface area contributed by atoms with E-state index in [-0.39, 0.29) is 0 Å². The molecule has 0 N–H and O–H groups in total. The first-order valence-corrected chi connectivity index (χ1v) is 8.17. The first kappa shape index (κ1) is 12.0. The van der Waals surface area contributed by atoms with E-state index in [1.54, 1.807) is 6.20 Å². The molecule has 0 saturated heterocycles. The first-order chi connectivity index (χ1) is 10.8. The third kappa shape index (κ3) is 1.42. The van der Waals surface area contributed by atoms with E-state index < -0.39 is 10.8 Å². The number of nitrogens with zero attached hydrogens (tertiary/aromatic N) is 2. The highest BCUT2D eigenvalue weighted by atomic mass is 32.2. The minimum atomic E-state index is -1.27. The summed E-state index contributed by atoms with van der Waals surface area (Å²) in [5.41, 5.74) is 1.75. The zero-order valence-electron chi connectivity index (χ0n) is 11.5. The standard InChI is InChI=1S/C18H10N2OS/c21-22-15-10-11-4-1-2-5-12(11)13-7-9-19-17(16(13)15)14-6-3-8-20-18(14)22/h1-10H. The van der Waals surface area contributed by atoms with Gasteiger partial charge in [0.25, 0.3) is 0 Å². The van der Waals surface area contributed by atoms with Gasteiger partial charge in [-0.2, -0.15) is 0 Å². The normalized spacial score (nSPS) is 15.9. The van der Waals surface area contributed by atoms with Gasteiger partial charge < -0.3 is 0 Å². The molecular formula is C18H10N2OS. The van der Waals surface area contributed by atoms with Crippen LogP contribution in [0.1, 0.15) is 0 Å². The molecule has 0 amide bonds. The molecule has 1 unspecified atom stereocenters. The Morgan fingerprint density at radius 1 is 0.864 bits per heavy atom. The Balaban J connectivity index is 2.09. The summed E-state index contributed by atoms with van der Waals surface area (Å²) in [5.74, 6) is 0. The van der Waals surface area contributed by atoms with Crippen LogP contribution in [0, 0.1) is 0 Å². The fourth-order valence-corrected chi connectivity index (χ4v) is 4.55. The predicted octanol–water partition coefficient (Wildman–Crippen LogP) is 3.93. The Morgan fingerprint density at radius 3 is 2.73 bits per heavy atom. The summed E-state index contributed by atoms with van der Waals surface area (Å²) >= 11 is 0. The third-order valence-corrected chi connectivity index (χ3v) is 5.53. The Hall–Kier alpha value is -2.59. The summed E-state index contributed by atoms with van der Waals surface area (Å²) in [6.45, 7) is 0. The highest BCUT2D eigenvalue weighted by Gasteiger charge is 2.26. The lowest BCUT2D eigenvalue weighted by molar-refractivity contribution is 0.680. The van der Waals surface area contributed by atoms with E-state index in [0.29, 0.717) is 5.03 Å². The van der Waals surface area contributed by atoms with Gasteiger partial charge in [0, 0.05) is 23.3 Å². The molecule has 4 aromatic rings.